The number of methoxy groups -OCH3 is 1. The van der Waals surface area contributed by atoms with Crippen molar-refractivity contribution in [3.63, 3.8) is 0 Å². The van der Waals surface area contributed by atoms with Gasteiger partial charge in [0.25, 0.3) is 0 Å². The van der Waals surface area contributed by atoms with Crippen LogP contribution < -0.4 is 4.74 Å². The van der Waals surface area contributed by atoms with Crippen LogP contribution >= 0.6 is 0 Å². The van der Waals surface area contributed by atoms with E-state index in [1.807, 2.05) is 42.6 Å². The van der Waals surface area contributed by atoms with E-state index in [-0.39, 0.29) is 6.42 Å². The highest BCUT2D eigenvalue weighted by atomic mass is 16.5. The molecule has 0 atom stereocenters. The summed E-state index contributed by atoms with van der Waals surface area (Å²) in [4.78, 5) is 11.1. The molecular weight excluding hydrogens is 278 g/mol. The Morgan fingerprint density at radius 2 is 1.95 bits per heavy atom. The topological polar surface area (TPSA) is 51.5 Å². The van der Waals surface area contributed by atoms with Crippen LogP contribution in [-0.4, -0.2) is 22.8 Å². The maximum Gasteiger partial charge on any atom is 0.307 e. The fourth-order valence-electron chi connectivity index (χ4n) is 2.69. The van der Waals surface area contributed by atoms with Crippen LogP contribution in [0.25, 0.3) is 10.9 Å². The number of aliphatic carboxylic acids is 1. The lowest BCUT2D eigenvalue weighted by molar-refractivity contribution is -0.136. The summed E-state index contributed by atoms with van der Waals surface area (Å²) in [6, 6.07) is 15.9. The summed E-state index contributed by atoms with van der Waals surface area (Å²) >= 11 is 0. The predicted molar refractivity (Wildman–Crippen MR) is 85.4 cm³/mol. The molecule has 1 N–H and O–H groups in total. The maximum atomic E-state index is 11.1. The van der Waals surface area contributed by atoms with E-state index in [0.29, 0.717) is 6.54 Å². The second kappa shape index (κ2) is 5.93. The number of benzene rings is 2. The van der Waals surface area contributed by atoms with Crippen molar-refractivity contribution in [2.24, 2.45) is 0 Å². The SMILES string of the molecule is COc1ccc2c(c1)c(CC(=O)O)cn2Cc1ccccc1. The highest BCUT2D eigenvalue weighted by Crippen LogP contribution is 2.27. The first kappa shape index (κ1) is 14.2. The van der Waals surface area contributed by atoms with E-state index in [0.717, 1.165) is 22.2 Å². The molecule has 0 spiro atoms. The molecule has 0 bridgehead atoms. The largest absolute Gasteiger partial charge is 0.497 e. The molecule has 0 saturated heterocycles. The molecule has 22 heavy (non-hydrogen) atoms. The molecule has 0 aliphatic carbocycles. The van der Waals surface area contributed by atoms with Gasteiger partial charge in [0.15, 0.2) is 0 Å². The first-order valence-corrected chi connectivity index (χ1v) is 7.09. The van der Waals surface area contributed by atoms with Crippen molar-refractivity contribution in [2.45, 2.75) is 13.0 Å². The van der Waals surface area contributed by atoms with E-state index in [9.17, 15) is 4.79 Å². The molecule has 0 aliphatic heterocycles. The van der Waals surface area contributed by atoms with E-state index >= 15 is 0 Å². The zero-order chi connectivity index (χ0) is 15.5. The van der Waals surface area contributed by atoms with E-state index < -0.39 is 5.97 Å². The van der Waals surface area contributed by atoms with Crippen molar-refractivity contribution >= 4 is 16.9 Å². The molecule has 112 valence electrons. The monoisotopic (exact) mass is 295 g/mol. The van der Waals surface area contributed by atoms with Crippen molar-refractivity contribution in [1.82, 2.24) is 4.57 Å². The molecule has 4 heteroatoms. The summed E-state index contributed by atoms with van der Waals surface area (Å²) < 4.78 is 7.34. The number of carbonyl (C=O) groups is 1. The summed E-state index contributed by atoms with van der Waals surface area (Å²) in [5.74, 6) is -0.0989. The Labute approximate surface area is 128 Å². The minimum absolute atomic E-state index is 0.00541. The van der Waals surface area contributed by atoms with Crippen LogP contribution in [0.1, 0.15) is 11.1 Å². The summed E-state index contributed by atoms with van der Waals surface area (Å²) in [5, 5.41) is 10.0. The van der Waals surface area contributed by atoms with E-state index in [1.54, 1.807) is 7.11 Å². The van der Waals surface area contributed by atoms with E-state index in [4.69, 9.17) is 9.84 Å². The van der Waals surface area contributed by atoms with Crippen LogP contribution in [0.4, 0.5) is 0 Å². The molecule has 0 unspecified atom stereocenters. The van der Waals surface area contributed by atoms with Crippen molar-refractivity contribution in [3.8, 4) is 5.75 Å². The number of ether oxygens (including phenoxy) is 1. The van der Waals surface area contributed by atoms with Gasteiger partial charge in [-0.1, -0.05) is 30.3 Å². The van der Waals surface area contributed by atoms with Crippen molar-refractivity contribution in [3.05, 3.63) is 65.9 Å². The Kier molecular flexibility index (Phi) is 3.83. The second-order valence-electron chi connectivity index (χ2n) is 5.22. The highest BCUT2D eigenvalue weighted by molar-refractivity contribution is 5.88. The van der Waals surface area contributed by atoms with Crippen molar-refractivity contribution in [1.29, 1.82) is 0 Å². The molecule has 0 saturated carbocycles. The van der Waals surface area contributed by atoms with Crippen LogP contribution in [0.3, 0.4) is 0 Å². The van der Waals surface area contributed by atoms with Crippen molar-refractivity contribution < 1.29 is 14.6 Å². The van der Waals surface area contributed by atoms with Gasteiger partial charge in [-0.2, -0.15) is 0 Å². The average molecular weight is 295 g/mol. The minimum atomic E-state index is -0.832. The summed E-state index contributed by atoms with van der Waals surface area (Å²) in [6.07, 6.45) is 1.93. The maximum absolute atomic E-state index is 11.1. The van der Waals surface area contributed by atoms with Crippen LogP contribution in [0.2, 0.25) is 0 Å². The fraction of sp³-hybridized carbons (Fsp3) is 0.167. The lowest BCUT2D eigenvalue weighted by atomic mass is 10.1. The smallest absolute Gasteiger partial charge is 0.307 e. The quantitative estimate of drug-likeness (QED) is 0.785. The number of carboxylic acids is 1. The lowest BCUT2D eigenvalue weighted by Crippen LogP contribution is -2.00. The molecule has 1 heterocycles. The molecular formula is C18H17NO3. The first-order chi connectivity index (χ1) is 10.7. The first-order valence-electron chi connectivity index (χ1n) is 7.09. The minimum Gasteiger partial charge on any atom is -0.497 e. The molecule has 4 nitrogen and oxygen atoms in total. The number of fused-ring (bicyclic) bond motifs is 1. The molecule has 0 aliphatic rings. The summed E-state index contributed by atoms with van der Waals surface area (Å²) in [5.41, 5.74) is 3.00. The second-order valence-corrected chi connectivity index (χ2v) is 5.22. The van der Waals surface area contributed by atoms with Gasteiger partial charge in [-0.3, -0.25) is 4.79 Å². The number of aromatic nitrogens is 1. The van der Waals surface area contributed by atoms with E-state index in [1.165, 1.54) is 5.56 Å². The molecule has 3 aromatic rings. The van der Waals surface area contributed by atoms with Gasteiger partial charge >= 0.3 is 5.97 Å². The zero-order valence-corrected chi connectivity index (χ0v) is 12.3. The zero-order valence-electron chi connectivity index (χ0n) is 12.3. The predicted octanol–water partition coefficient (Wildman–Crippen LogP) is 3.33. The van der Waals surface area contributed by atoms with Crippen molar-refractivity contribution in [2.75, 3.05) is 7.11 Å². The summed E-state index contributed by atoms with van der Waals surface area (Å²) in [6.45, 7) is 0.712. The number of hydrogen-bond acceptors (Lipinski definition) is 2. The van der Waals surface area contributed by atoms with Crippen LogP contribution in [0.15, 0.2) is 54.7 Å². The third-order valence-corrected chi connectivity index (χ3v) is 3.71. The third kappa shape index (κ3) is 2.81. The van der Waals surface area contributed by atoms with Gasteiger partial charge in [0.2, 0.25) is 0 Å². The highest BCUT2D eigenvalue weighted by Gasteiger charge is 2.12. The molecule has 3 rings (SSSR count). The average Bonchev–Trinajstić information content (AvgIpc) is 2.84. The van der Waals surface area contributed by atoms with Gasteiger partial charge in [-0.15, -0.1) is 0 Å². The molecule has 0 fully saturated rings. The van der Waals surface area contributed by atoms with Gasteiger partial charge in [0.1, 0.15) is 5.75 Å². The molecule has 2 aromatic carbocycles. The van der Waals surface area contributed by atoms with Gasteiger partial charge in [-0.25, -0.2) is 0 Å². The third-order valence-electron chi connectivity index (χ3n) is 3.71. The van der Waals surface area contributed by atoms with Gasteiger partial charge < -0.3 is 14.4 Å². The van der Waals surface area contributed by atoms with Gasteiger partial charge in [-0.05, 0) is 29.3 Å². The molecule has 0 radical (unpaired) electrons. The number of nitrogens with zero attached hydrogens (tertiary/aromatic N) is 1. The van der Waals surface area contributed by atoms with E-state index in [2.05, 4.69) is 16.7 Å². The Morgan fingerprint density at radius 1 is 1.18 bits per heavy atom. The fourth-order valence-corrected chi connectivity index (χ4v) is 2.69. The molecule has 1 aromatic heterocycles. The van der Waals surface area contributed by atoms with Crippen LogP contribution in [0, 0.1) is 0 Å². The Morgan fingerprint density at radius 3 is 2.64 bits per heavy atom. The molecule has 0 amide bonds. The van der Waals surface area contributed by atoms with Crippen LogP contribution in [-0.2, 0) is 17.8 Å². The lowest BCUT2D eigenvalue weighted by Gasteiger charge is -2.06. The van der Waals surface area contributed by atoms with Gasteiger partial charge in [0.05, 0.1) is 13.5 Å². The Balaban J connectivity index is 2.08. The number of hydrogen-bond donors (Lipinski definition) is 1. The Hall–Kier alpha value is -2.75. The number of rotatable bonds is 5. The summed E-state index contributed by atoms with van der Waals surface area (Å²) in [7, 11) is 1.61. The Bertz CT molecular complexity index is 806. The normalized spacial score (nSPS) is 10.8. The number of carboxylic acid groups (broad SMARTS) is 1. The van der Waals surface area contributed by atoms with Gasteiger partial charge in [0, 0.05) is 23.6 Å². The van der Waals surface area contributed by atoms with Crippen LogP contribution in [0.5, 0.6) is 5.75 Å². The standard InChI is InChI=1S/C18H17NO3/c1-22-15-7-8-17-16(10-15)14(9-18(20)21)12-19(17)11-13-5-3-2-4-6-13/h2-8,10,12H,9,11H2,1H3,(H,20,21).